The lowest BCUT2D eigenvalue weighted by molar-refractivity contribution is -0.151. The van der Waals surface area contributed by atoms with E-state index >= 15 is 0 Å². The molecule has 2 N–H and O–H groups in total. The number of nitrogens with one attached hydrogen (secondary N) is 2. The average Bonchev–Trinajstić information content (AvgIpc) is 3.26. The zero-order chi connectivity index (χ0) is 20.9. The van der Waals surface area contributed by atoms with Crippen LogP contribution in [0.15, 0.2) is 30.3 Å². The van der Waals surface area contributed by atoms with Crippen LogP contribution in [0.1, 0.15) is 44.6 Å². The molecule has 1 spiro atoms. The predicted molar refractivity (Wildman–Crippen MR) is 105 cm³/mol. The maximum absolute atomic E-state index is 12.5. The van der Waals surface area contributed by atoms with Crippen LogP contribution in [0.2, 0.25) is 0 Å². The standard InChI is InChI=1S/C21H27N3O5/c1-15(9-10-16-7-3-2-4-8-16)22-17(25)14-29-18(26)13-24-19(27)21(23-20(24)28)11-5-6-12-21/h2-4,7-8,15H,5-6,9-14H2,1H3,(H,22,25)(H,23,28)/t15-/m1/s1. The van der Waals surface area contributed by atoms with Crippen molar-refractivity contribution in [2.75, 3.05) is 13.2 Å². The molecule has 29 heavy (non-hydrogen) atoms. The van der Waals surface area contributed by atoms with E-state index in [1.165, 1.54) is 5.56 Å². The number of esters is 1. The van der Waals surface area contributed by atoms with Crippen molar-refractivity contribution in [1.82, 2.24) is 15.5 Å². The molecule has 1 atom stereocenters. The van der Waals surface area contributed by atoms with Gasteiger partial charge in [-0.05, 0) is 38.2 Å². The van der Waals surface area contributed by atoms with Crippen molar-refractivity contribution in [3.63, 3.8) is 0 Å². The first-order chi connectivity index (χ1) is 13.9. The molecule has 1 aliphatic carbocycles. The summed E-state index contributed by atoms with van der Waals surface area (Å²) < 4.78 is 4.95. The van der Waals surface area contributed by atoms with Crippen molar-refractivity contribution in [3.05, 3.63) is 35.9 Å². The molecular formula is C21H27N3O5. The highest BCUT2D eigenvalue weighted by atomic mass is 16.5. The van der Waals surface area contributed by atoms with E-state index in [1.54, 1.807) is 0 Å². The van der Waals surface area contributed by atoms with Crippen molar-refractivity contribution >= 4 is 23.8 Å². The number of nitrogens with zero attached hydrogens (tertiary/aromatic N) is 1. The molecule has 1 saturated carbocycles. The Balaban J connectivity index is 1.38. The molecule has 1 aromatic carbocycles. The van der Waals surface area contributed by atoms with Crippen LogP contribution in [0.4, 0.5) is 4.79 Å². The Morgan fingerprint density at radius 1 is 1.21 bits per heavy atom. The van der Waals surface area contributed by atoms with E-state index in [1.807, 2.05) is 37.3 Å². The summed E-state index contributed by atoms with van der Waals surface area (Å²) in [6.07, 6.45) is 4.50. The van der Waals surface area contributed by atoms with Crippen molar-refractivity contribution in [3.8, 4) is 0 Å². The van der Waals surface area contributed by atoms with Crippen LogP contribution in [-0.2, 0) is 25.5 Å². The number of carbonyl (C=O) groups excluding carboxylic acids is 4. The van der Waals surface area contributed by atoms with E-state index in [9.17, 15) is 19.2 Å². The SMILES string of the molecule is C[C@H](CCc1ccccc1)NC(=O)COC(=O)CN1C(=O)NC2(CCCC2)C1=O. The Hall–Kier alpha value is -2.90. The lowest BCUT2D eigenvalue weighted by Crippen LogP contribution is -2.44. The number of benzene rings is 1. The number of rotatable bonds is 8. The number of aryl methyl sites for hydroxylation is 1. The van der Waals surface area contributed by atoms with Gasteiger partial charge in [-0.25, -0.2) is 4.79 Å². The molecule has 1 aromatic rings. The second-order valence-corrected chi connectivity index (χ2v) is 7.76. The van der Waals surface area contributed by atoms with Crippen molar-refractivity contribution in [2.45, 2.75) is 57.0 Å². The maximum Gasteiger partial charge on any atom is 0.326 e. The summed E-state index contributed by atoms with van der Waals surface area (Å²) in [5, 5.41) is 5.48. The molecular weight excluding hydrogens is 374 g/mol. The third-order valence-electron chi connectivity index (χ3n) is 5.47. The Kier molecular flexibility index (Phi) is 6.51. The normalized spacial score (nSPS) is 18.6. The summed E-state index contributed by atoms with van der Waals surface area (Å²) in [6.45, 7) is 0.962. The second kappa shape index (κ2) is 9.07. The first-order valence-electron chi connectivity index (χ1n) is 10.0. The third kappa shape index (κ3) is 5.13. The zero-order valence-electron chi connectivity index (χ0n) is 16.6. The predicted octanol–water partition coefficient (Wildman–Crippen LogP) is 1.53. The molecule has 0 bridgehead atoms. The minimum absolute atomic E-state index is 0.0745. The highest BCUT2D eigenvalue weighted by Crippen LogP contribution is 2.34. The highest BCUT2D eigenvalue weighted by molar-refractivity contribution is 6.08. The number of carbonyl (C=O) groups is 4. The maximum atomic E-state index is 12.5. The molecule has 2 fully saturated rings. The van der Waals surface area contributed by atoms with Gasteiger partial charge in [-0.3, -0.25) is 19.3 Å². The van der Waals surface area contributed by atoms with E-state index in [0.29, 0.717) is 12.8 Å². The van der Waals surface area contributed by atoms with Crippen LogP contribution >= 0.6 is 0 Å². The van der Waals surface area contributed by atoms with Crippen LogP contribution in [0.3, 0.4) is 0 Å². The zero-order valence-corrected chi connectivity index (χ0v) is 16.6. The fourth-order valence-corrected chi connectivity index (χ4v) is 3.87. The molecule has 8 heteroatoms. The van der Waals surface area contributed by atoms with Gasteiger partial charge in [0, 0.05) is 6.04 Å². The van der Waals surface area contributed by atoms with E-state index in [4.69, 9.17) is 4.74 Å². The van der Waals surface area contributed by atoms with Crippen molar-refractivity contribution in [1.29, 1.82) is 0 Å². The summed E-state index contributed by atoms with van der Waals surface area (Å²) in [4.78, 5) is 49.5. The van der Waals surface area contributed by atoms with E-state index in [0.717, 1.165) is 30.6 Å². The fourth-order valence-electron chi connectivity index (χ4n) is 3.87. The van der Waals surface area contributed by atoms with Crippen molar-refractivity contribution in [2.24, 2.45) is 0 Å². The summed E-state index contributed by atoms with van der Waals surface area (Å²) >= 11 is 0. The summed E-state index contributed by atoms with van der Waals surface area (Å²) in [6, 6.07) is 9.30. The number of hydrogen-bond acceptors (Lipinski definition) is 5. The van der Waals surface area contributed by atoms with Gasteiger partial charge in [0.2, 0.25) is 0 Å². The van der Waals surface area contributed by atoms with Gasteiger partial charge in [0.15, 0.2) is 6.61 Å². The second-order valence-electron chi connectivity index (χ2n) is 7.76. The van der Waals surface area contributed by atoms with Gasteiger partial charge in [-0.1, -0.05) is 43.2 Å². The summed E-state index contributed by atoms with van der Waals surface area (Å²) in [5.41, 5.74) is 0.330. The van der Waals surface area contributed by atoms with Crippen molar-refractivity contribution < 1.29 is 23.9 Å². The molecule has 0 radical (unpaired) electrons. The van der Waals surface area contributed by atoms with E-state index in [-0.39, 0.29) is 11.9 Å². The highest BCUT2D eigenvalue weighted by Gasteiger charge is 2.52. The van der Waals surface area contributed by atoms with Gasteiger partial charge in [0.25, 0.3) is 11.8 Å². The largest absolute Gasteiger partial charge is 0.454 e. The topological polar surface area (TPSA) is 105 Å². The number of hydrogen-bond donors (Lipinski definition) is 2. The number of imide groups is 1. The van der Waals surface area contributed by atoms with E-state index in [2.05, 4.69) is 10.6 Å². The molecule has 8 nitrogen and oxygen atoms in total. The van der Waals surface area contributed by atoms with Gasteiger partial charge in [-0.15, -0.1) is 0 Å². The Morgan fingerprint density at radius 3 is 2.59 bits per heavy atom. The quantitative estimate of drug-likeness (QED) is 0.508. The lowest BCUT2D eigenvalue weighted by Gasteiger charge is -2.19. The number of ether oxygens (including phenoxy) is 1. The first kappa shape index (κ1) is 20.8. The van der Waals surface area contributed by atoms with Crippen LogP contribution in [-0.4, -0.2) is 53.4 Å². The molecule has 4 amide bonds. The van der Waals surface area contributed by atoms with Gasteiger partial charge >= 0.3 is 12.0 Å². The van der Waals surface area contributed by atoms with Crippen LogP contribution in [0.25, 0.3) is 0 Å². The smallest absolute Gasteiger partial charge is 0.326 e. The molecule has 3 rings (SSSR count). The van der Waals surface area contributed by atoms with Gasteiger partial charge in [0.1, 0.15) is 12.1 Å². The average molecular weight is 401 g/mol. The van der Waals surface area contributed by atoms with Crippen LogP contribution in [0.5, 0.6) is 0 Å². The van der Waals surface area contributed by atoms with Gasteiger partial charge in [0.05, 0.1) is 0 Å². The molecule has 0 unspecified atom stereocenters. The molecule has 1 heterocycles. The minimum atomic E-state index is -0.858. The Morgan fingerprint density at radius 2 is 1.90 bits per heavy atom. The van der Waals surface area contributed by atoms with Crippen LogP contribution < -0.4 is 10.6 Å². The molecule has 156 valence electrons. The molecule has 1 aliphatic heterocycles. The Labute approximate surface area is 170 Å². The lowest BCUT2D eigenvalue weighted by atomic mass is 9.98. The first-order valence-corrected chi connectivity index (χ1v) is 10.0. The fraction of sp³-hybridized carbons (Fsp3) is 0.524. The van der Waals surface area contributed by atoms with Gasteiger partial charge in [-0.2, -0.15) is 0 Å². The minimum Gasteiger partial charge on any atom is -0.454 e. The third-order valence-corrected chi connectivity index (χ3v) is 5.47. The molecule has 1 saturated heterocycles. The van der Waals surface area contributed by atoms with Crippen LogP contribution in [0, 0.1) is 0 Å². The summed E-state index contributed by atoms with van der Waals surface area (Å²) in [5.74, 6) is -1.57. The van der Waals surface area contributed by atoms with E-state index < -0.39 is 36.6 Å². The molecule has 2 aliphatic rings. The monoisotopic (exact) mass is 401 g/mol. The molecule has 0 aromatic heterocycles. The number of amides is 4. The number of urea groups is 1. The summed E-state index contributed by atoms with van der Waals surface area (Å²) in [7, 11) is 0. The Bertz CT molecular complexity index is 774. The van der Waals surface area contributed by atoms with Gasteiger partial charge < -0.3 is 15.4 Å².